The number of thioether (sulfide) groups is 1. The SMILES string of the molecule is C=CCSc1nc(CC)c2c(c1C#N)CCCC2. The zero-order valence-electron chi connectivity index (χ0n) is 10.8. The maximum atomic E-state index is 9.41. The third-order valence-corrected chi connectivity index (χ3v) is 4.32. The molecule has 0 saturated carbocycles. The van der Waals surface area contributed by atoms with Crippen molar-refractivity contribution in [3.8, 4) is 6.07 Å². The number of fused-ring (bicyclic) bond motifs is 1. The zero-order valence-corrected chi connectivity index (χ0v) is 11.6. The number of rotatable bonds is 4. The maximum absolute atomic E-state index is 9.41. The summed E-state index contributed by atoms with van der Waals surface area (Å²) in [4.78, 5) is 4.71. The number of hydrogen-bond acceptors (Lipinski definition) is 3. The van der Waals surface area contributed by atoms with Gasteiger partial charge in [0.05, 0.1) is 5.56 Å². The van der Waals surface area contributed by atoms with Crippen molar-refractivity contribution in [2.75, 3.05) is 5.75 Å². The Labute approximate surface area is 113 Å². The van der Waals surface area contributed by atoms with E-state index in [1.807, 2.05) is 6.08 Å². The summed E-state index contributed by atoms with van der Waals surface area (Å²) in [7, 11) is 0. The van der Waals surface area contributed by atoms with Crippen LogP contribution in [-0.4, -0.2) is 10.7 Å². The smallest absolute Gasteiger partial charge is 0.115 e. The monoisotopic (exact) mass is 258 g/mol. The van der Waals surface area contributed by atoms with Gasteiger partial charge in [-0.15, -0.1) is 18.3 Å². The topological polar surface area (TPSA) is 36.7 Å². The van der Waals surface area contributed by atoms with Gasteiger partial charge in [-0.2, -0.15) is 5.26 Å². The normalized spacial score (nSPS) is 13.8. The molecule has 0 N–H and O–H groups in total. The largest absolute Gasteiger partial charge is 0.245 e. The Kier molecular flexibility index (Phi) is 4.43. The maximum Gasteiger partial charge on any atom is 0.115 e. The lowest BCUT2D eigenvalue weighted by Crippen LogP contribution is -2.12. The van der Waals surface area contributed by atoms with Gasteiger partial charge in [-0.25, -0.2) is 4.98 Å². The highest BCUT2D eigenvalue weighted by Crippen LogP contribution is 2.32. The molecule has 0 unspecified atom stereocenters. The van der Waals surface area contributed by atoms with Gasteiger partial charge in [0.15, 0.2) is 0 Å². The predicted molar refractivity (Wildman–Crippen MR) is 75.9 cm³/mol. The van der Waals surface area contributed by atoms with Crippen molar-refractivity contribution in [3.05, 3.63) is 35.0 Å². The first-order valence-electron chi connectivity index (χ1n) is 6.50. The Morgan fingerprint density at radius 1 is 1.39 bits per heavy atom. The van der Waals surface area contributed by atoms with Crippen molar-refractivity contribution in [3.63, 3.8) is 0 Å². The molecule has 1 aromatic rings. The van der Waals surface area contributed by atoms with Gasteiger partial charge >= 0.3 is 0 Å². The van der Waals surface area contributed by atoms with Crippen molar-refractivity contribution < 1.29 is 0 Å². The average Bonchev–Trinajstić information content (AvgIpc) is 2.43. The van der Waals surface area contributed by atoms with E-state index in [4.69, 9.17) is 4.98 Å². The minimum Gasteiger partial charge on any atom is -0.245 e. The molecule has 0 aromatic carbocycles. The predicted octanol–water partition coefficient (Wildman–Crippen LogP) is 3.67. The number of pyridine rings is 1. The second-order valence-electron chi connectivity index (χ2n) is 4.47. The molecule has 0 saturated heterocycles. The van der Waals surface area contributed by atoms with Gasteiger partial charge in [-0.05, 0) is 43.2 Å². The van der Waals surface area contributed by atoms with E-state index in [1.165, 1.54) is 29.7 Å². The lowest BCUT2D eigenvalue weighted by atomic mass is 9.87. The van der Waals surface area contributed by atoms with E-state index in [0.29, 0.717) is 0 Å². The summed E-state index contributed by atoms with van der Waals surface area (Å²) in [6, 6.07) is 2.37. The summed E-state index contributed by atoms with van der Waals surface area (Å²) in [6.45, 7) is 5.87. The molecule has 1 aliphatic rings. The van der Waals surface area contributed by atoms with Crippen LogP contribution in [0.1, 0.15) is 42.1 Å². The Morgan fingerprint density at radius 3 is 2.72 bits per heavy atom. The van der Waals surface area contributed by atoms with E-state index >= 15 is 0 Å². The summed E-state index contributed by atoms with van der Waals surface area (Å²) in [6.07, 6.45) is 7.36. The highest BCUT2D eigenvalue weighted by atomic mass is 32.2. The third-order valence-electron chi connectivity index (χ3n) is 3.35. The molecule has 1 aliphatic carbocycles. The molecule has 94 valence electrons. The molecular weight excluding hydrogens is 240 g/mol. The van der Waals surface area contributed by atoms with E-state index in [-0.39, 0.29) is 0 Å². The molecule has 3 heteroatoms. The molecule has 0 bridgehead atoms. The molecule has 1 heterocycles. The number of hydrogen-bond donors (Lipinski definition) is 0. The molecule has 0 aliphatic heterocycles. The fraction of sp³-hybridized carbons (Fsp3) is 0.467. The van der Waals surface area contributed by atoms with Gasteiger partial charge in [0.2, 0.25) is 0 Å². The number of nitrogens with zero attached hydrogens (tertiary/aromatic N) is 2. The standard InChI is InChI=1S/C15H18N2S/c1-3-9-18-15-13(10-16)11-7-5-6-8-12(11)14(4-2)17-15/h3H,1,4-9H2,2H3. The molecule has 0 atom stereocenters. The second-order valence-corrected chi connectivity index (χ2v) is 5.48. The minimum atomic E-state index is 0.809. The summed E-state index contributed by atoms with van der Waals surface area (Å²) >= 11 is 1.62. The van der Waals surface area contributed by atoms with Crippen LogP contribution in [0.5, 0.6) is 0 Å². The molecular formula is C15H18N2S. The average molecular weight is 258 g/mol. The number of nitriles is 1. The first-order valence-corrected chi connectivity index (χ1v) is 7.48. The lowest BCUT2D eigenvalue weighted by Gasteiger charge is -2.21. The first kappa shape index (κ1) is 13.2. The zero-order chi connectivity index (χ0) is 13.0. The summed E-state index contributed by atoms with van der Waals surface area (Å²) in [5.41, 5.74) is 4.62. The fourth-order valence-corrected chi connectivity index (χ4v) is 3.29. The molecule has 0 fully saturated rings. The van der Waals surface area contributed by atoms with Gasteiger partial charge in [-0.1, -0.05) is 13.0 Å². The van der Waals surface area contributed by atoms with Crippen LogP contribution in [0.3, 0.4) is 0 Å². The van der Waals surface area contributed by atoms with Crippen molar-refractivity contribution in [2.45, 2.75) is 44.1 Å². The van der Waals surface area contributed by atoms with Crippen LogP contribution in [0.25, 0.3) is 0 Å². The molecule has 0 amide bonds. The minimum absolute atomic E-state index is 0.809. The van der Waals surface area contributed by atoms with E-state index in [1.54, 1.807) is 11.8 Å². The summed E-state index contributed by atoms with van der Waals surface area (Å²) in [5.74, 6) is 0.809. The first-order chi connectivity index (χ1) is 8.81. The van der Waals surface area contributed by atoms with Crippen LogP contribution in [-0.2, 0) is 19.3 Å². The van der Waals surface area contributed by atoms with Crippen LogP contribution in [0, 0.1) is 11.3 Å². The van der Waals surface area contributed by atoms with Gasteiger partial charge in [0.25, 0.3) is 0 Å². The second kappa shape index (κ2) is 6.06. The van der Waals surface area contributed by atoms with Crippen LogP contribution in [0.15, 0.2) is 17.7 Å². The van der Waals surface area contributed by atoms with E-state index in [0.717, 1.165) is 35.6 Å². The van der Waals surface area contributed by atoms with E-state index in [9.17, 15) is 5.26 Å². The lowest BCUT2D eigenvalue weighted by molar-refractivity contribution is 0.664. The van der Waals surface area contributed by atoms with Gasteiger partial charge in [-0.3, -0.25) is 0 Å². The number of aromatic nitrogens is 1. The van der Waals surface area contributed by atoms with Crippen LogP contribution >= 0.6 is 11.8 Å². The quantitative estimate of drug-likeness (QED) is 0.610. The van der Waals surface area contributed by atoms with Crippen LogP contribution in [0.4, 0.5) is 0 Å². The molecule has 2 rings (SSSR count). The third kappa shape index (κ3) is 2.44. The molecule has 1 aromatic heterocycles. The van der Waals surface area contributed by atoms with Gasteiger partial charge in [0.1, 0.15) is 11.1 Å². The molecule has 0 radical (unpaired) electrons. The summed E-state index contributed by atoms with van der Waals surface area (Å²) < 4.78 is 0. The fourth-order valence-electron chi connectivity index (χ4n) is 2.52. The van der Waals surface area contributed by atoms with Crippen molar-refractivity contribution in [2.24, 2.45) is 0 Å². The Bertz CT molecular complexity index is 500. The Balaban J connectivity index is 2.53. The summed E-state index contributed by atoms with van der Waals surface area (Å²) in [5, 5.41) is 10.3. The van der Waals surface area contributed by atoms with E-state index in [2.05, 4.69) is 19.6 Å². The highest BCUT2D eigenvalue weighted by molar-refractivity contribution is 7.99. The van der Waals surface area contributed by atoms with E-state index < -0.39 is 0 Å². The van der Waals surface area contributed by atoms with Crippen molar-refractivity contribution >= 4 is 11.8 Å². The Morgan fingerprint density at radius 2 is 2.11 bits per heavy atom. The highest BCUT2D eigenvalue weighted by Gasteiger charge is 2.21. The van der Waals surface area contributed by atoms with Crippen LogP contribution in [0.2, 0.25) is 0 Å². The van der Waals surface area contributed by atoms with Crippen molar-refractivity contribution in [1.82, 2.24) is 4.98 Å². The van der Waals surface area contributed by atoms with Gasteiger partial charge < -0.3 is 0 Å². The molecule has 0 spiro atoms. The molecule has 2 nitrogen and oxygen atoms in total. The van der Waals surface area contributed by atoms with Crippen LogP contribution < -0.4 is 0 Å². The number of aryl methyl sites for hydroxylation is 1. The Hall–Kier alpha value is -1.27. The van der Waals surface area contributed by atoms with Crippen molar-refractivity contribution in [1.29, 1.82) is 5.26 Å². The molecule has 18 heavy (non-hydrogen) atoms. The van der Waals surface area contributed by atoms with Gasteiger partial charge in [0, 0.05) is 11.4 Å².